The van der Waals surface area contributed by atoms with Crippen molar-refractivity contribution < 1.29 is 24.5 Å². The van der Waals surface area contributed by atoms with Crippen molar-refractivity contribution in [2.75, 3.05) is 0 Å². The highest BCUT2D eigenvalue weighted by Gasteiger charge is 2.58. The SMILES string of the molecule is CC(C)(C)[C@@H]1O[C@@H]2[C@H](O)C(=O)O[C@H]2C1O. The minimum absolute atomic E-state index is 0.254. The number of hydrogen-bond acceptors (Lipinski definition) is 5. The van der Waals surface area contributed by atoms with E-state index in [4.69, 9.17) is 9.47 Å². The zero-order valence-corrected chi connectivity index (χ0v) is 9.01. The van der Waals surface area contributed by atoms with Gasteiger partial charge < -0.3 is 19.7 Å². The molecule has 0 aliphatic carbocycles. The first-order valence-electron chi connectivity index (χ1n) is 5.04. The molecule has 0 radical (unpaired) electrons. The number of esters is 1. The maximum atomic E-state index is 11.0. The number of aliphatic hydroxyl groups is 2. The van der Waals surface area contributed by atoms with Crippen LogP contribution in [0.4, 0.5) is 0 Å². The molecule has 5 atom stereocenters. The van der Waals surface area contributed by atoms with Crippen LogP contribution in [0.25, 0.3) is 0 Å². The first-order valence-corrected chi connectivity index (χ1v) is 5.04. The van der Waals surface area contributed by atoms with E-state index in [9.17, 15) is 15.0 Å². The number of carbonyl (C=O) groups excluding carboxylic acids is 1. The molecule has 0 saturated carbocycles. The average Bonchev–Trinajstić information content (AvgIpc) is 2.54. The Morgan fingerprint density at radius 3 is 2.27 bits per heavy atom. The molecule has 1 unspecified atom stereocenters. The van der Waals surface area contributed by atoms with Gasteiger partial charge in [0.25, 0.3) is 0 Å². The van der Waals surface area contributed by atoms with Crippen LogP contribution in [0.1, 0.15) is 20.8 Å². The third-order valence-electron chi connectivity index (χ3n) is 2.93. The first kappa shape index (κ1) is 10.9. The van der Waals surface area contributed by atoms with E-state index in [1.54, 1.807) is 0 Å². The zero-order chi connectivity index (χ0) is 11.4. The smallest absolute Gasteiger partial charge is 0.338 e. The molecule has 0 bridgehead atoms. The van der Waals surface area contributed by atoms with E-state index < -0.39 is 36.5 Å². The molecule has 0 aromatic rings. The summed E-state index contributed by atoms with van der Waals surface area (Å²) in [5, 5.41) is 19.4. The van der Waals surface area contributed by atoms with E-state index in [0.717, 1.165) is 0 Å². The molecular weight excluding hydrogens is 200 g/mol. The van der Waals surface area contributed by atoms with Crippen LogP contribution in [0.15, 0.2) is 0 Å². The third-order valence-corrected chi connectivity index (χ3v) is 2.93. The van der Waals surface area contributed by atoms with Gasteiger partial charge in [-0.2, -0.15) is 0 Å². The number of ether oxygens (including phenoxy) is 2. The quantitative estimate of drug-likeness (QED) is 0.531. The van der Waals surface area contributed by atoms with Gasteiger partial charge in [0, 0.05) is 0 Å². The standard InChI is InChI=1S/C10H16O5/c1-10(2,3)8-4(11)6-7(14-8)5(12)9(13)15-6/h4-8,11-12H,1-3H3/t4?,5-,6-,7+,8+/m0/s1. The number of fused-ring (bicyclic) bond motifs is 1. The monoisotopic (exact) mass is 216 g/mol. The maximum absolute atomic E-state index is 11.0. The van der Waals surface area contributed by atoms with E-state index >= 15 is 0 Å². The third kappa shape index (κ3) is 1.55. The fourth-order valence-corrected chi connectivity index (χ4v) is 2.14. The molecule has 2 rings (SSSR count). The summed E-state index contributed by atoms with van der Waals surface area (Å²) in [6, 6.07) is 0. The number of hydrogen-bond donors (Lipinski definition) is 2. The molecule has 0 amide bonds. The minimum Gasteiger partial charge on any atom is -0.455 e. The molecule has 2 N–H and O–H groups in total. The lowest BCUT2D eigenvalue weighted by atomic mass is 9.85. The van der Waals surface area contributed by atoms with Crippen molar-refractivity contribution in [3.8, 4) is 0 Å². The Hall–Kier alpha value is -0.650. The zero-order valence-electron chi connectivity index (χ0n) is 9.01. The second kappa shape index (κ2) is 3.17. The van der Waals surface area contributed by atoms with Gasteiger partial charge in [-0.05, 0) is 5.41 Å². The highest BCUT2D eigenvalue weighted by molar-refractivity contribution is 5.78. The van der Waals surface area contributed by atoms with Gasteiger partial charge >= 0.3 is 5.97 Å². The Kier molecular flexibility index (Phi) is 2.29. The lowest BCUT2D eigenvalue weighted by Crippen LogP contribution is -2.39. The molecule has 0 aromatic heterocycles. The predicted octanol–water partition coefficient (Wildman–Crippen LogP) is -0.553. The minimum atomic E-state index is -1.27. The van der Waals surface area contributed by atoms with E-state index in [0.29, 0.717) is 0 Å². The lowest BCUT2D eigenvalue weighted by molar-refractivity contribution is -0.155. The van der Waals surface area contributed by atoms with Gasteiger partial charge in [0.15, 0.2) is 12.2 Å². The van der Waals surface area contributed by atoms with Gasteiger partial charge in [0.2, 0.25) is 0 Å². The topological polar surface area (TPSA) is 76.0 Å². The summed E-state index contributed by atoms with van der Waals surface area (Å²) in [7, 11) is 0. The molecule has 0 spiro atoms. The van der Waals surface area contributed by atoms with Gasteiger partial charge in [0.05, 0.1) is 6.10 Å². The van der Waals surface area contributed by atoms with Crippen molar-refractivity contribution in [1.29, 1.82) is 0 Å². The second-order valence-electron chi connectivity index (χ2n) is 5.22. The number of rotatable bonds is 0. The van der Waals surface area contributed by atoms with E-state index in [1.807, 2.05) is 20.8 Å². The Labute approximate surface area is 88.0 Å². The van der Waals surface area contributed by atoms with Crippen LogP contribution in [0.5, 0.6) is 0 Å². The molecular formula is C10H16O5. The van der Waals surface area contributed by atoms with Crippen LogP contribution in [0.3, 0.4) is 0 Å². The van der Waals surface area contributed by atoms with Crippen LogP contribution in [-0.2, 0) is 14.3 Å². The van der Waals surface area contributed by atoms with Crippen LogP contribution in [-0.4, -0.2) is 46.7 Å². The van der Waals surface area contributed by atoms with Crippen molar-refractivity contribution in [1.82, 2.24) is 0 Å². The van der Waals surface area contributed by atoms with Crippen LogP contribution >= 0.6 is 0 Å². The summed E-state index contributed by atoms with van der Waals surface area (Å²) in [6.07, 6.45) is -4.00. The maximum Gasteiger partial charge on any atom is 0.338 e. The molecule has 15 heavy (non-hydrogen) atoms. The molecule has 2 aliphatic heterocycles. The average molecular weight is 216 g/mol. The summed E-state index contributed by atoms with van der Waals surface area (Å²) in [4.78, 5) is 11.0. The van der Waals surface area contributed by atoms with Crippen LogP contribution < -0.4 is 0 Å². The van der Waals surface area contributed by atoms with Gasteiger partial charge in [-0.1, -0.05) is 20.8 Å². The van der Waals surface area contributed by atoms with Crippen molar-refractivity contribution in [3.63, 3.8) is 0 Å². The fourth-order valence-electron chi connectivity index (χ4n) is 2.14. The Morgan fingerprint density at radius 2 is 1.80 bits per heavy atom. The Morgan fingerprint density at radius 1 is 1.20 bits per heavy atom. The van der Waals surface area contributed by atoms with E-state index in [-0.39, 0.29) is 5.41 Å². The first-order chi connectivity index (χ1) is 6.82. The van der Waals surface area contributed by atoms with Gasteiger partial charge in [-0.25, -0.2) is 4.79 Å². The molecule has 5 heteroatoms. The molecule has 0 aromatic carbocycles. The fraction of sp³-hybridized carbons (Fsp3) is 0.900. The predicted molar refractivity (Wildman–Crippen MR) is 50.0 cm³/mol. The van der Waals surface area contributed by atoms with Crippen molar-refractivity contribution in [3.05, 3.63) is 0 Å². The van der Waals surface area contributed by atoms with Gasteiger partial charge in [-0.15, -0.1) is 0 Å². The molecule has 2 heterocycles. The van der Waals surface area contributed by atoms with Crippen molar-refractivity contribution in [2.45, 2.75) is 51.3 Å². The summed E-state index contributed by atoms with van der Waals surface area (Å²) < 4.78 is 10.4. The Bertz CT molecular complexity index is 282. The number of aliphatic hydroxyl groups excluding tert-OH is 2. The summed E-state index contributed by atoms with van der Waals surface area (Å²) >= 11 is 0. The van der Waals surface area contributed by atoms with E-state index in [1.165, 1.54) is 0 Å². The van der Waals surface area contributed by atoms with Crippen LogP contribution in [0, 0.1) is 5.41 Å². The van der Waals surface area contributed by atoms with Crippen LogP contribution in [0.2, 0.25) is 0 Å². The highest BCUT2D eigenvalue weighted by atomic mass is 16.6. The second-order valence-corrected chi connectivity index (χ2v) is 5.22. The molecule has 2 aliphatic rings. The number of carbonyl (C=O) groups is 1. The van der Waals surface area contributed by atoms with Crippen molar-refractivity contribution >= 4 is 5.97 Å². The molecule has 86 valence electrons. The summed E-state index contributed by atoms with van der Waals surface area (Å²) in [5.41, 5.74) is -0.254. The van der Waals surface area contributed by atoms with Gasteiger partial charge in [-0.3, -0.25) is 0 Å². The van der Waals surface area contributed by atoms with Crippen molar-refractivity contribution in [2.24, 2.45) is 5.41 Å². The molecule has 2 fully saturated rings. The largest absolute Gasteiger partial charge is 0.455 e. The summed E-state index contributed by atoms with van der Waals surface area (Å²) in [6.45, 7) is 5.78. The molecule has 2 saturated heterocycles. The van der Waals surface area contributed by atoms with E-state index in [2.05, 4.69) is 0 Å². The normalized spacial score (nSPS) is 45.4. The highest BCUT2D eigenvalue weighted by Crippen LogP contribution is 2.39. The van der Waals surface area contributed by atoms with Gasteiger partial charge in [0.1, 0.15) is 12.2 Å². The Balaban J connectivity index is 2.18. The molecule has 5 nitrogen and oxygen atoms in total. The summed E-state index contributed by atoms with van der Waals surface area (Å²) in [5.74, 6) is -0.712. The lowest BCUT2D eigenvalue weighted by Gasteiger charge is -2.29.